The van der Waals surface area contributed by atoms with Gasteiger partial charge in [-0.3, -0.25) is 4.79 Å². The third-order valence-electron chi connectivity index (χ3n) is 3.49. The Morgan fingerprint density at radius 2 is 1.52 bits per heavy atom. The second kappa shape index (κ2) is 7.39. The predicted octanol–water partition coefficient (Wildman–Crippen LogP) is 2.97. The van der Waals surface area contributed by atoms with Gasteiger partial charge in [-0.15, -0.1) is 0 Å². The summed E-state index contributed by atoms with van der Waals surface area (Å²) in [6, 6.07) is 15.1. The lowest BCUT2D eigenvalue weighted by molar-refractivity contribution is 0.102. The molecule has 0 unspecified atom stereocenters. The molecule has 0 radical (unpaired) electrons. The molecule has 0 aliphatic carbocycles. The predicted molar refractivity (Wildman–Crippen MR) is 90.9 cm³/mol. The molecule has 5 nitrogen and oxygen atoms in total. The van der Waals surface area contributed by atoms with Crippen molar-refractivity contribution in [1.29, 1.82) is 0 Å². The van der Waals surface area contributed by atoms with E-state index in [0.717, 1.165) is 0 Å². The Morgan fingerprint density at radius 1 is 0.957 bits per heavy atom. The van der Waals surface area contributed by atoms with Crippen molar-refractivity contribution in [3.8, 4) is 0 Å². The van der Waals surface area contributed by atoms with Crippen LogP contribution < -0.4 is 5.32 Å². The molecule has 2 aromatic carbocycles. The maximum atomic E-state index is 12.4. The molecule has 1 N–H and O–H groups in total. The number of benzene rings is 2. The van der Waals surface area contributed by atoms with Gasteiger partial charge in [-0.05, 0) is 36.4 Å². The number of carbonyl (C=O) groups excluding carboxylic acids is 1. The molecule has 0 saturated heterocycles. The lowest BCUT2D eigenvalue weighted by Crippen LogP contribution is -2.30. The van der Waals surface area contributed by atoms with E-state index >= 15 is 0 Å². The number of sulfonamides is 1. The summed E-state index contributed by atoms with van der Waals surface area (Å²) in [6.07, 6.45) is 0. The van der Waals surface area contributed by atoms with Gasteiger partial charge in [0, 0.05) is 24.3 Å². The fourth-order valence-corrected chi connectivity index (χ4v) is 3.67. The van der Waals surface area contributed by atoms with Crippen molar-refractivity contribution in [3.63, 3.8) is 0 Å². The first-order chi connectivity index (χ1) is 11.0. The van der Waals surface area contributed by atoms with Gasteiger partial charge in [0.05, 0.1) is 4.90 Å². The van der Waals surface area contributed by atoms with Crippen molar-refractivity contribution >= 4 is 21.6 Å². The Balaban J connectivity index is 2.18. The van der Waals surface area contributed by atoms with Crippen LogP contribution in [0.25, 0.3) is 0 Å². The molecule has 23 heavy (non-hydrogen) atoms. The maximum Gasteiger partial charge on any atom is 0.255 e. The molecular formula is C17H20N2O3S. The Bertz CT molecular complexity index is 752. The van der Waals surface area contributed by atoms with Crippen molar-refractivity contribution < 1.29 is 13.2 Å². The molecule has 1 amide bonds. The van der Waals surface area contributed by atoms with Crippen molar-refractivity contribution in [1.82, 2.24) is 4.31 Å². The van der Waals surface area contributed by atoms with Gasteiger partial charge in [-0.2, -0.15) is 4.31 Å². The highest BCUT2D eigenvalue weighted by Crippen LogP contribution is 2.17. The van der Waals surface area contributed by atoms with Crippen molar-refractivity contribution in [2.75, 3.05) is 18.4 Å². The highest BCUT2D eigenvalue weighted by atomic mass is 32.2. The molecule has 0 bridgehead atoms. The van der Waals surface area contributed by atoms with Crippen LogP contribution in [0.3, 0.4) is 0 Å². The van der Waals surface area contributed by atoms with Gasteiger partial charge in [-0.1, -0.05) is 32.0 Å². The topological polar surface area (TPSA) is 66.5 Å². The van der Waals surface area contributed by atoms with Gasteiger partial charge < -0.3 is 5.32 Å². The number of rotatable bonds is 6. The average Bonchev–Trinajstić information content (AvgIpc) is 2.56. The minimum absolute atomic E-state index is 0.192. The van der Waals surface area contributed by atoms with Crippen LogP contribution in [0.5, 0.6) is 0 Å². The first-order valence-electron chi connectivity index (χ1n) is 7.45. The minimum atomic E-state index is -3.50. The zero-order valence-corrected chi connectivity index (χ0v) is 14.0. The standard InChI is InChI=1S/C17H20N2O3S/c1-3-19(4-2)23(21,22)16-12-10-14(11-13-16)17(20)18-15-8-6-5-7-9-15/h5-13H,3-4H2,1-2H3,(H,18,20). The Kier molecular flexibility index (Phi) is 5.52. The van der Waals surface area contributed by atoms with Crippen LogP contribution in [-0.4, -0.2) is 31.7 Å². The normalized spacial score (nSPS) is 11.4. The number of hydrogen-bond acceptors (Lipinski definition) is 3. The van der Waals surface area contributed by atoms with Crippen LogP contribution in [0, 0.1) is 0 Å². The molecule has 0 fully saturated rings. The molecule has 0 atom stereocenters. The lowest BCUT2D eigenvalue weighted by atomic mass is 10.2. The summed E-state index contributed by atoms with van der Waals surface area (Å²) in [5.41, 5.74) is 1.10. The van der Waals surface area contributed by atoms with Crippen LogP contribution in [0.2, 0.25) is 0 Å². The Labute approximate surface area is 137 Å². The molecule has 0 saturated carbocycles. The van der Waals surface area contributed by atoms with Gasteiger partial charge in [0.25, 0.3) is 5.91 Å². The zero-order chi connectivity index (χ0) is 16.9. The molecule has 6 heteroatoms. The van der Waals surface area contributed by atoms with E-state index in [9.17, 15) is 13.2 Å². The fourth-order valence-electron chi connectivity index (χ4n) is 2.22. The molecule has 0 aromatic heterocycles. The van der Waals surface area contributed by atoms with Crippen molar-refractivity contribution in [2.45, 2.75) is 18.7 Å². The second-order valence-corrected chi connectivity index (χ2v) is 6.87. The van der Waals surface area contributed by atoms with E-state index in [-0.39, 0.29) is 10.8 Å². The summed E-state index contributed by atoms with van der Waals surface area (Å²) in [7, 11) is -3.50. The summed E-state index contributed by atoms with van der Waals surface area (Å²) in [6.45, 7) is 4.41. The first kappa shape index (κ1) is 17.2. The first-order valence-corrected chi connectivity index (χ1v) is 8.89. The highest BCUT2D eigenvalue weighted by Gasteiger charge is 2.21. The monoisotopic (exact) mass is 332 g/mol. The second-order valence-electron chi connectivity index (χ2n) is 4.93. The fraction of sp³-hybridized carbons (Fsp3) is 0.235. The number of carbonyl (C=O) groups is 1. The molecular weight excluding hydrogens is 312 g/mol. The van der Waals surface area contributed by atoms with E-state index < -0.39 is 10.0 Å². The van der Waals surface area contributed by atoms with Crippen LogP contribution in [-0.2, 0) is 10.0 Å². The summed E-state index contributed by atoms with van der Waals surface area (Å²) in [5, 5.41) is 2.76. The molecule has 2 rings (SSSR count). The van der Waals surface area contributed by atoms with Crippen LogP contribution in [0.15, 0.2) is 59.5 Å². The van der Waals surface area contributed by atoms with E-state index in [0.29, 0.717) is 24.3 Å². The quantitative estimate of drug-likeness (QED) is 0.884. The lowest BCUT2D eigenvalue weighted by Gasteiger charge is -2.18. The van der Waals surface area contributed by atoms with E-state index in [1.165, 1.54) is 28.6 Å². The third-order valence-corrected chi connectivity index (χ3v) is 5.56. The largest absolute Gasteiger partial charge is 0.322 e. The number of para-hydroxylation sites is 1. The molecule has 0 spiro atoms. The SMILES string of the molecule is CCN(CC)S(=O)(=O)c1ccc(C(=O)Nc2ccccc2)cc1. The van der Waals surface area contributed by atoms with E-state index in [1.807, 2.05) is 18.2 Å². The third kappa shape index (κ3) is 3.97. The number of nitrogens with zero attached hydrogens (tertiary/aromatic N) is 1. The smallest absolute Gasteiger partial charge is 0.255 e. The Morgan fingerprint density at radius 3 is 2.04 bits per heavy atom. The number of nitrogens with one attached hydrogen (secondary N) is 1. The van der Waals surface area contributed by atoms with Crippen LogP contribution in [0.4, 0.5) is 5.69 Å². The van der Waals surface area contributed by atoms with E-state index in [2.05, 4.69) is 5.32 Å². The van der Waals surface area contributed by atoms with Gasteiger partial charge >= 0.3 is 0 Å². The summed E-state index contributed by atoms with van der Waals surface area (Å²) in [4.78, 5) is 12.3. The molecule has 0 aliphatic heterocycles. The highest BCUT2D eigenvalue weighted by molar-refractivity contribution is 7.89. The maximum absolute atomic E-state index is 12.4. The summed E-state index contributed by atoms with van der Waals surface area (Å²) in [5.74, 6) is -0.275. The average molecular weight is 332 g/mol. The molecule has 0 heterocycles. The number of hydrogen-bond donors (Lipinski definition) is 1. The van der Waals surface area contributed by atoms with Crippen molar-refractivity contribution in [2.24, 2.45) is 0 Å². The summed E-state index contributed by atoms with van der Waals surface area (Å²) >= 11 is 0. The van der Waals surface area contributed by atoms with Crippen LogP contribution >= 0.6 is 0 Å². The number of anilines is 1. The number of amides is 1. The van der Waals surface area contributed by atoms with E-state index in [4.69, 9.17) is 0 Å². The van der Waals surface area contributed by atoms with Gasteiger partial charge in [0.15, 0.2) is 0 Å². The van der Waals surface area contributed by atoms with E-state index in [1.54, 1.807) is 26.0 Å². The zero-order valence-electron chi connectivity index (χ0n) is 13.2. The molecule has 2 aromatic rings. The van der Waals surface area contributed by atoms with Gasteiger partial charge in [0.2, 0.25) is 10.0 Å². The van der Waals surface area contributed by atoms with Gasteiger partial charge in [-0.25, -0.2) is 8.42 Å². The Hall–Kier alpha value is -2.18. The van der Waals surface area contributed by atoms with Gasteiger partial charge in [0.1, 0.15) is 0 Å². The van der Waals surface area contributed by atoms with Crippen LogP contribution in [0.1, 0.15) is 24.2 Å². The summed E-state index contributed by atoms with van der Waals surface area (Å²) < 4.78 is 26.2. The molecule has 0 aliphatic rings. The minimum Gasteiger partial charge on any atom is -0.322 e. The van der Waals surface area contributed by atoms with Crippen molar-refractivity contribution in [3.05, 3.63) is 60.2 Å². The molecule has 122 valence electrons.